The van der Waals surface area contributed by atoms with Crippen molar-refractivity contribution >= 4 is 22.6 Å². The average molecular weight is 388 g/mol. The van der Waals surface area contributed by atoms with Crippen molar-refractivity contribution in [1.29, 1.82) is 0 Å². The molecule has 0 bridgehead atoms. The van der Waals surface area contributed by atoms with E-state index in [9.17, 15) is 4.79 Å². The molecule has 1 aromatic carbocycles. The van der Waals surface area contributed by atoms with Gasteiger partial charge in [-0.3, -0.25) is 19.4 Å². The largest absolute Gasteiger partial charge is 0.304 e. The average Bonchev–Trinajstić information content (AvgIpc) is 3.29. The number of aromatic nitrogens is 6. The number of nitrogens with one attached hydrogen (secondary N) is 1. The fourth-order valence-electron chi connectivity index (χ4n) is 3.67. The Morgan fingerprint density at radius 3 is 2.97 bits per heavy atom. The van der Waals surface area contributed by atoms with E-state index in [4.69, 9.17) is 0 Å². The lowest BCUT2D eigenvalue weighted by molar-refractivity contribution is 0.102. The van der Waals surface area contributed by atoms with Gasteiger partial charge in [0.1, 0.15) is 0 Å². The van der Waals surface area contributed by atoms with E-state index in [-0.39, 0.29) is 11.6 Å². The molecule has 0 aliphatic carbocycles. The highest BCUT2D eigenvalue weighted by molar-refractivity contribution is 6.03. The number of likely N-dealkylation sites (N-methyl/N-ethyl adjacent to an activating group) is 1. The van der Waals surface area contributed by atoms with Gasteiger partial charge in [0.05, 0.1) is 29.1 Å². The van der Waals surface area contributed by atoms with Crippen LogP contribution in [-0.2, 0) is 13.1 Å². The molecule has 0 fully saturated rings. The zero-order chi connectivity index (χ0) is 20.0. The number of carbonyl (C=O) groups excluding carboxylic acids is 1. The highest BCUT2D eigenvalue weighted by Crippen LogP contribution is 2.22. The fourth-order valence-corrected chi connectivity index (χ4v) is 3.67. The summed E-state index contributed by atoms with van der Waals surface area (Å²) in [6.07, 6.45) is 1.75. The molecule has 9 heteroatoms. The van der Waals surface area contributed by atoms with E-state index >= 15 is 0 Å². The molecule has 0 unspecified atom stereocenters. The number of carbonyl (C=O) groups is 1. The minimum atomic E-state index is -0.323. The molecule has 0 radical (unpaired) electrons. The van der Waals surface area contributed by atoms with Crippen LogP contribution in [0.4, 0.5) is 5.82 Å². The lowest BCUT2D eigenvalue weighted by atomic mass is 10.2. The smallest absolute Gasteiger partial charge is 0.279 e. The van der Waals surface area contributed by atoms with Crippen LogP contribution < -0.4 is 5.32 Å². The standard InChI is InChI=1S/C20H20N8O/c1-13-19(20(29)22-18-11-14-12-26(2)9-10-27(14)24-18)23-25-28(13)17-7-3-6-16-15(17)5-4-8-21-16/h3-8,11H,9-10,12H2,1-2H3,(H,22,24,29). The second-order valence-corrected chi connectivity index (χ2v) is 7.22. The first-order chi connectivity index (χ1) is 14.1. The molecule has 1 aliphatic rings. The molecule has 0 spiro atoms. The van der Waals surface area contributed by atoms with Crippen molar-refractivity contribution in [2.45, 2.75) is 20.0 Å². The first-order valence-electron chi connectivity index (χ1n) is 9.43. The Morgan fingerprint density at radius 2 is 2.07 bits per heavy atom. The molecular weight excluding hydrogens is 368 g/mol. The lowest BCUT2D eigenvalue weighted by Gasteiger charge is -2.22. The maximum Gasteiger partial charge on any atom is 0.279 e. The number of rotatable bonds is 3. The second-order valence-electron chi connectivity index (χ2n) is 7.22. The molecule has 1 amide bonds. The Kier molecular flexibility index (Phi) is 4.09. The molecule has 3 aromatic heterocycles. The van der Waals surface area contributed by atoms with Gasteiger partial charge in [-0.1, -0.05) is 11.3 Å². The molecule has 0 saturated heterocycles. The van der Waals surface area contributed by atoms with Gasteiger partial charge >= 0.3 is 0 Å². The van der Waals surface area contributed by atoms with Crippen molar-refractivity contribution in [3.8, 4) is 5.69 Å². The van der Waals surface area contributed by atoms with E-state index in [1.165, 1.54) is 0 Å². The van der Waals surface area contributed by atoms with Gasteiger partial charge in [-0.05, 0) is 38.2 Å². The molecule has 9 nitrogen and oxygen atoms in total. The minimum Gasteiger partial charge on any atom is -0.304 e. The van der Waals surface area contributed by atoms with Gasteiger partial charge in [0.2, 0.25) is 0 Å². The predicted octanol–water partition coefficient (Wildman–Crippen LogP) is 2.02. The van der Waals surface area contributed by atoms with Crippen LogP contribution in [0.3, 0.4) is 0 Å². The molecular formula is C20H20N8O. The molecule has 146 valence electrons. The first-order valence-corrected chi connectivity index (χ1v) is 9.43. The van der Waals surface area contributed by atoms with Crippen LogP contribution in [0.2, 0.25) is 0 Å². The highest BCUT2D eigenvalue weighted by Gasteiger charge is 2.21. The van der Waals surface area contributed by atoms with Crippen LogP contribution in [0.1, 0.15) is 21.9 Å². The summed E-state index contributed by atoms with van der Waals surface area (Å²) in [6, 6.07) is 11.6. The topological polar surface area (TPSA) is 93.8 Å². The number of pyridine rings is 1. The predicted molar refractivity (Wildman–Crippen MR) is 108 cm³/mol. The van der Waals surface area contributed by atoms with Crippen molar-refractivity contribution < 1.29 is 4.79 Å². The number of hydrogen-bond acceptors (Lipinski definition) is 6. The van der Waals surface area contributed by atoms with Crippen LogP contribution >= 0.6 is 0 Å². The summed E-state index contributed by atoms with van der Waals surface area (Å²) in [4.78, 5) is 19.4. The van der Waals surface area contributed by atoms with Crippen LogP contribution in [0.25, 0.3) is 16.6 Å². The van der Waals surface area contributed by atoms with Gasteiger partial charge in [-0.2, -0.15) is 5.10 Å². The van der Waals surface area contributed by atoms with Gasteiger partial charge < -0.3 is 5.32 Å². The molecule has 1 aliphatic heterocycles. The van der Waals surface area contributed by atoms with Gasteiger partial charge in [-0.25, -0.2) is 4.68 Å². The summed E-state index contributed by atoms with van der Waals surface area (Å²) in [5.74, 6) is 0.208. The van der Waals surface area contributed by atoms with Gasteiger partial charge in [-0.15, -0.1) is 5.10 Å². The molecule has 1 N–H and O–H groups in total. The van der Waals surface area contributed by atoms with Gasteiger partial charge in [0.15, 0.2) is 11.5 Å². The third-order valence-corrected chi connectivity index (χ3v) is 5.19. The molecule has 0 atom stereocenters. The number of hydrogen-bond donors (Lipinski definition) is 1. The Labute approximate surface area is 167 Å². The summed E-state index contributed by atoms with van der Waals surface area (Å²) < 4.78 is 3.61. The van der Waals surface area contributed by atoms with Gasteiger partial charge in [0, 0.05) is 30.7 Å². The van der Waals surface area contributed by atoms with E-state index in [1.807, 2.05) is 48.0 Å². The Balaban J connectivity index is 1.44. The van der Waals surface area contributed by atoms with Crippen LogP contribution in [0, 0.1) is 6.92 Å². The molecule has 4 heterocycles. The van der Waals surface area contributed by atoms with E-state index in [0.717, 1.165) is 41.9 Å². The zero-order valence-corrected chi connectivity index (χ0v) is 16.2. The number of nitrogens with zero attached hydrogens (tertiary/aromatic N) is 7. The number of fused-ring (bicyclic) bond motifs is 2. The normalized spacial score (nSPS) is 14.1. The summed E-state index contributed by atoms with van der Waals surface area (Å²) in [6.45, 7) is 4.39. The second kappa shape index (κ2) is 6.78. The van der Waals surface area contributed by atoms with Crippen LogP contribution in [0.5, 0.6) is 0 Å². The SMILES string of the molecule is Cc1c(C(=O)Nc2cc3n(n2)CCN(C)C3)nnn1-c1cccc2ncccc12. The summed E-state index contributed by atoms with van der Waals surface area (Å²) in [7, 11) is 2.07. The van der Waals surface area contributed by atoms with E-state index in [1.54, 1.807) is 10.9 Å². The molecule has 5 rings (SSSR count). The fraction of sp³-hybridized carbons (Fsp3) is 0.250. The Hall–Kier alpha value is -3.59. The van der Waals surface area contributed by atoms with Crippen molar-refractivity contribution in [2.75, 3.05) is 18.9 Å². The van der Waals surface area contributed by atoms with Crippen molar-refractivity contribution in [2.24, 2.45) is 0 Å². The minimum absolute atomic E-state index is 0.272. The third-order valence-electron chi connectivity index (χ3n) is 5.19. The van der Waals surface area contributed by atoms with E-state index in [0.29, 0.717) is 11.5 Å². The molecule has 29 heavy (non-hydrogen) atoms. The van der Waals surface area contributed by atoms with Crippen molar-refractivity contribution in [3.05, 3.63) is 59.7 Å². The van der Waals surface area contributed by atoms with E-state index < -0.39 is 0 Å². The zero-order valence-electron chi connectivity index (χ0n) is 16.2. The molecule has 0 saturated carbocycles. The highest BCUT2D eigenvalue weighted by atomic mass is 16.2. The molecule has 4 aromatic rings. The van der Waals surface area contributed by atoms with Crippen molar-refractivity contribution in [3.63, 3.8) is 0 Å². The maximum atomic E-state index is 12.8. The van der Waals surface area contributed by atoms with Crippen LogP contribution in [0.15, 0.2) is 42.6 Å². The van der Waals surface area contributed by atoms with Crippen LogP contribution in [-0.4, -0.2) is 54.2 Å². The quantitative estimate of drug-likeness (QED) is 0.577. The summed E-state index contributed by atoms with van der Waals surface area (Å²) in [5.41, 5.74) is 3.70. The first kappa shape index (κ1) is 17.5. The van der Waals surface area contributed by atoms with Gasteiger partial charge in [0.25, 0.3) is 5.91 Å². The summed E-state index contributed by atoms with van der Waals surface area (Å²) in [5, 5.41) is 16.6. The van der Waals surface area contributed by atoms with Crippen molar-refractivity contribution in [1.82, 2.24) is 34.7 Å². The number of benzene rings is 1. The number of anilines is 1. The maximum absolute atomic E-state index is 12.8. The Morgan fingerprint density at radius 1 is 1.17 bits per heavy atom. The third kappa shape index (κ3) is 3.05. The Bertz CT molecular complexity index is 1220. The lowest BCUT2D eigenvalue weighted by Crippen LogP contribution is -2.30. The van der Waals surface area contributed by atoms with E-state index in [2.05, 4.69) is 37.7 Å². The monoisotopic (exact) mass is 388 g/mol. The summed E-state index contributed by atoms with van der Waals surface area (Å²) >= 11 is 0. The number of amides is 1.